The third-order valence-electron chi connectivity index (χ3n) is 11.2. The molecule has 4 amide bonds. The molecule has 71 heavy (non-hydrogen) atoms. The highest BCUT2D eigenvalue weighted by Crippen LogP contribution is 2.49. The van der Waals surface area contributed by atoms with Crippen molar-refractivity contribution in [3.8, 4) is 34.5 Å². The molecule has 0 spiro atoms. The maximum atomic E-state index is 13.6. The van der Waals surface area contributed by atoms with E-state index in [9.17, 15) is 24.0 Å². The minimum Gasteiger partial charge on any atom is -0.492 e. The molecule has 0 aliphatic carbocycles. The minimum atomic E-state index is -0.556. The van der Waals surface area contributed by atoms with Gasteiger partial charge < -0.3 is 52.8 Å². The lowest BCUT2D eigenvalue weighted by atomic mass is 10.1. The number of methoxy groups -OCH3 is 1. The summed E-state index contributed by atoms with van der Waals surface area (Å²) in [5, 5.41) is 0.384. The predicted molar refractivity (Wildman–Crippen MR) is 269 cm³/mol. The van der Waals surface area contributed by atoms with Crippen LogP contribution in [0.1, 0.15) is 69.2 Å². The molecule has 0 aromatic heterocycles. The average molecular weight is 973 g/mol. The van der Waals surface area contributed by atoms with Crippen LogP contribution in [0.15, 0.2) is 94.9 Å². The third-order valence-corrected chi connectivity index (χ3v) is 11.2. The number of esters is 1. The first kappa shape index (κ1) is 52.5. The van der Waals surface area contributed by atoms with E-state index in [1.54, 1.807) is 122 Å². The number of ether oxygens (including phenoxy) is 7. The Kier molecular flexibility index (Phi) is 16.8. The Labute approximate surface area is 412 Å². The summed E-state index contributed by atoms with van der Waals surface area (Å²) in [5.41, 5.74) is 2.37. The maximum absolute atomic E-state index is 13.6. The summed E-state index contributed by atoms with van der Waals surface area (Å²) in [6, 6.07) is 24.4. The first-order valence-electron chi connectivity index (χ1n) is 22.9. The molecule has 2 aliphatic heterocycles. The summed E-state index contributed by atoms with van der Waals surface area (Å²) in [7, 11) is 8.05. The summed E-state index contributed by atoms with van der Waals surface area (Å²) >= 11 is 0. The molecule has 0 saturated heterocycles. The molecule has 5 aromatic carbocycles. The van der Waals surface area contributed by atoms with Crippen molar-refractivity contribution in [3.63, 3.8) is 0 Å². The summed E-state index contributed by atoms with van der Waals surface area (Å²) in [6.07, 6.45) is 0. The standard InChI is InChI=1S/C44H42N6O8.C9H18O4/c1-9-55-35-21-29-33(23-31(35)49(7)43(53)27-17-13-11-14-18-27)57-41-37(45-29)39(47(5)25(3)51)42-38(40(41)48(6)26(4)52)46-30-22-36(56-10-2)32(24-34(30)58-42)50(8)44(54)28-19-15-12-16-20-28;1-8(10)13-9(2,3)7-12-6-5-11-4/h11-24H,9-10H2,1-8H3;5-7H2,1-4H3. The molecule has 0 bridgehead atoms. The highest BCUT2D eigenvalue weighted by Gasteiger charge is 2.35. The van der Waals surface area contributed by atoms with Crippen LogP contribution in [0.3, 0.4) is 0 Å². The summed E-state index contributed by atoms with van der Waals surface area (Å²) < 4.78 is 40.5. The van der Waals surface area contributed by atoms with Gasteiger partial charge in [-0.3, -0.25) is 24.0 Å². The predicted octanol–water partition coefficient (Wildman–Crippen LogP) is 8.11. The Morgan fingerprint density at radius 1 is 0.592 bits per heavy atom. The van der Waals surface area contributed by atoms with Crippen LogP contribution in [0.2, 0.25) is 0 Å². The highest BCUT2D eigenvalue weighted by molar-refractivity contribution is 6.08. The first-order chi connectivity index (χ1) is 33.8. The van der Waals surface area contributed by atoms with Crippen molar-refractivity contribution in [3.05, 3.63) is 107 Å². The SMILES string of the molecule is CCOc1cc2c(cc1N(C)C(=O)c1ccccc1)Oc1c(N(C)C(C)=O)c3c(c(N(C)C(C)=O)c1=N2)Oc1cc(N(C)C(=O)c2ccccc2)c(OCC)cc1N=3.COCCOCC(C)(C)OC(C)=O. The number of carbonyl (C=O) groups excluding carboxylic acids is 5. The fourth-order valence-electron chi connectivity index (χ4n) is 7.58. The fourth-order valence-corrected chi connectivity index (χ4v) is 7.58. The van der Waals surface area contributed by atoms with Crippen LogP contribution in [-0.4, -0.2) is 104 Å². The topological polar surface area (TPSA) is 188 Å². The maximum Gasteiger partial charge on any atom is 0.303 e. The summed E-state index contributed by atoms with van der Waals surface area (Å²) in [4.78, 5) is 80.1. The fraction of sp³-hybridized carbons (Fsp3) is 0.340. The molecule has 0 fully saturated rings. The van der Waals surface area contributed by atoms with Crippen LogP contribution >= 0.6 is 0 Å². The van der Waals surface area contributed by atoms with Gasteiger partial charge in [0.25, 0.3) is 11.8 Å². The molecule has 7 rings (SSSR count). The number of benzene rings is 5. The van der Waals surface area contributed by atoms with Gasteiger partial charge in [0.05, 0.1) is 44.4 Å². The van der Waals surface area contributed by atoms with Gasteiger partial charge in [-0.25, -0.2) is 9.98 Å². The molecule has 0 unspecified atom stereocenters. The van der Waals surface area contributed by atoms with E-state index in [0.717, 1.165) is 0 Å². The average Bonchev–Trinajstić information content (AvgIpc) is 3.34. The zero-order chi connectivity index (χ0) is 51.7. The van der Waals surface area contributed by atoms with Gasteiger partial charge in [-0.2, -0.15) is 0 Å². The van der Waals surface area contributed by atoms with Gasteiger partial charge in [0.1, 0.15) is 50.6 Å². The minimum absolute atomic E-state index is 0.129. The van der Waals surface area contributed by atoms with Gasteiger partial charge >= 0.3 is 5.97 Å². The monoisotopic (exact) mass is 972 g/mol. The van der Waals surface area contributed by atoms with E-state index >= 15 is 0 Å². The molecule has 2 heterocycles. The highest BCUT2D eigenvalue weighted by atomic mass is 16.6. The number of anilines is 4. The number of fused-ring (bicyclic) bond motifs is 4. The quantitative estimate of drug-likeness (QED) is 0.0515. The Bertz CT molecular complexity index is 2770. The molecule has 374 valence electrons. The van der Waals surface area contributed by atoms with Gasteiger partial charge in [0.2, 0.25) is 11.8 Å². The number of hydrogen-bond donors (Lipinski definition) is 0. The van der Waals surface area contributed by atoms with Gasteiger partial charge in [-0.1, -0.05) is 36.4 Å². The smallest absolute Gasteiger partial charge is 0.303 e. The van der Waals surface area contributed by atoms with Gasteiger partial charge in [-0.15, -0.1) is 0 Å². The van der Waals surface area contributed by atoms with Crippen LogP contribution in [-0.2, 0) is 28.6 Å². The molecule has 5 aromatic rings. The van der Waals surface area contributed by atoms with Crippen molar-refractivity contribution >= 4 is 63.7 Å². The van der Waals surface area contributed by atoms with Crippen molar-refractivity contribution in [2.24, 2.45) is 9.98 Å². The van der Waals surface area contributed by atoms with E-state index in [-0.39, 0.29) is 74.7 Å². The van der Waals surface area contributed by atoms with E-state index in [0.29, 0.717) is 78.4 Å². The van der Waals surface area contributed by atoms with E-state index in [4.69, 9.17) is 43.1 Å². The van der Waals surface area contributed by atoms with Gasteiger partial charge in [0.15, 0.2) is 23.0 Å². The zero-order valence-corrected chi connectivity index (χ0v) is 42.2. The number of carbonyl (C=O) groups is 5. The Morgan fingerprint density at radius 3 is 1.35 bits per heavy atom. The van der Waals surface area contributed by atoms with E-state index < -0.39 is 5.60 Å². The second-order valence-corrected chi connectivity index (χ2v) is 16.9. The van der Waals surface area contributed by atoms with Crippen molar-refractivity contribution < 1.29 is 57.1 Å². The van der Waals surface area contributed by atoms with Crippen LogP contribution in [0, 0.1) is 0 Å². The van der Waals surface area contributed by atoms with Gasteiger partial charge in [0, 0.05) is 91.5 Å². The molecule has 0 radical (unpaired) electrons. The largest absolute Gasteiger partial charge is 0.492 e. The van der Waals surface area contributed by atoms with Crippen molar-refractivity contribution in [2.75, 3.05) is 87.9 Å². The number of amides is 4. The zero-order valence-electron chi connectivity index (χ0n) is 42.2. The first-order valence-corrected chi connectivity index (χ1v) is 22.9. The molecule has 0 atom stereocenters. The lowest BCUT2D eigenvalue weighted by Crippen LogP contribution is -2.37. The molecule has 0 N–H and O–H groups in total. The molecular formula is C53H60N6O12. The van der Waals surface area contributed by atoms with Crippen LogP contribution < -0.4 is 49.3 Å². The Morgan fingerprint density at radius 2 is 1.00 bits per heavy atom. The number of rotatable bonds is 16. The lowest BCUT2D eigenvalue weighted by Gasteiger charge is -2.30. The van der Waals surface area contributed by atoms with Crippen LogP contribution in [0.5, 0.6) is 34.5 Å². The normalized spacial score (nSPS) is 11.7. The van der Waals surface area contributed by atoms with Crippen molar-refractivity contribution in [1.29, 1.82) is 0 Å². The lowest BCUT2D eigenvalue weighted by molar-refractivity contribution is -0.159. The summed E-state index contributed by atoms with van der Waals surface area (Å²) in [6.45, 7) is 13.5. The summed E-state index contributed by atoms with van der Waals surface area (Å²) in [5.74, 6) is -0.00194. The Hall–Kier alpha value is -7.83. The second kappa shape index (κ2) is 22.7. The molecule has 2 aliphatic rings. The van der Waals surface area contributed by atoms with Crippen molar-refractivity contribution in [1.82, 2.24) is 0 Å². The van der Waals surface area contributed by atoms with Crippen LogP contribution in [0.25, 0.3) is 0 Å². The number of hydrogen-bond acceptors (Lipinski definition) is 14. The third kappa shape index (κ3) is 11.8. The van der Waals surface area contributed by atoms with E-state index in [2.05, 4.69) is 0 Å². The van der Waals surface area contributed by atoms with E-state index in [1.165, 1.54) is 40.4 Å². The molecule has 0 saturated carbocycles. The van der Waals surface area contributed by atoms with Gasteiger partial charge in [-0.05, 0) is 52.0 Å². The molecular weight excluding hydrogens is 913 g/mol. The second-order valence-electron chi connectivity index (χ2n) is 16.9. The molecule has 18 heteroatoms. The number of nitrogens with zero attached hydrogens (tertiary/aromatic N) is 6. The van der Waals surface area contributed by atoms with Crippen molar-refractivity contribution in [2.45, 2.75) is 54.1 Å². The Balaban J connectivity index is 0.000000557. The molecule has 18 nitrogen and oxygen atoms in total. The van der Waals surface area contributed by atoms with Crippen LogP contribution in [0.4, 0.5) is 34.1 Å². The van der Waals surface area contributed by atoms with E-state index in [1.807, 2.05) is 26.0 Å².